The summed E-state index contributed by atoms with van der Waals surface area (Å²) < 4.78 is 7.57. The first-order valence-electron chi connectivity index (χ1n) is 10.8. The van der Waals surface area contributed by atoms with Crippen LogP contribution in [0.3, 0.4) is 0 Å². The lowest BCUT2D eigenvalue weighted by molar-refractivity contribution is -0.115. The highest BCUT2D eigenvalue weighted by molar-refractivity contribution is 8.00. The van der Waals surface area contributed by atoms with Crippen LogP contribution >= 0.6 is 11.8 Å². The molecule has 32 heavy (non-hydrogen) atoms. The number of aryl methyl sites for hydroxylation is 2. The molecule has 5 rings (SSSR count). The fourth-order valence-electron chi connectivity index (χ4n) is 3.98. The van der Waals surface area contributed by atoms with Crippen LogP contribution in [0.5, 0.6) is 0 Å². The topological polar surface area (TPSA) is 73.0 Å². The second kappa shape index (κ2) is 9.04. The first-order valence-corrected chi connectivity index (χ1v) is 11.7. The molecule has 162 valence electrons. The lowest BCUT2D eigenvalue weighted by atomic mass is 10.1. The Bertz CT molecular complexity index is 1220. The van der Waals surface area contributed by atoms with Gasteiger partial charge >= 0.3 is 0 Å². The van der Waals surface area contributed by atoms with Crippen LogP contribution in [0.1, 0.15) is 30.0 Å². The summed E-state index contributed by atoms with van der Waals surface area (Å²) in [7, 11) is 0. The number of anilines is 1. The van der Waals surface area contributed by atoms with E-state index in [9.17, 15) is 4.79 Å². The van der Waals surface area contributed by atoms with Crippen molar-refractivity contribution < 1.29 is 9.21 Å². The number of carbonyl (C=O) groups is 1. The third-order valence-electron chi connectivity index (χ3n) is 5.66. The molecule has 6 nitrogen and oxygen atoms in total. The molecule has 0 saturated carbocycles. The number of nitrogens with zero attached hydrogens (tertiary/aromatic N) is 3. The Balaban J connectivity index is 1.35. The number of nitrogens with one attached hydrogen (secondary N) is 1. The minimum absolute atomic E-state index is 0.0539. The van der Waals surface area contributed by atoms with Gasteiger partial charge in [0.15, 0.2) is 10.9 Å². The Morgan fingerprint density at radius 3 is 2.75 bits per heavy atom. The minimum Gasteiger partial charge on any atom is -0.461 e. The van der Waals surface area contributed by atoms with Gasteiger partial charge < -0.3 is 9.73 Å². The smallest absolute Gasteiger partial charge is 0.237 e. The number of amides is 1. The number of aromatic nitrogens is 3. The van der Waals surface area contributed by atoms with E-state index in [4.69, 9.17) is 4.42 Å². The van der Waals surface area contributed by atoms with E-state index in [2.05, 4.69) is 39.8 Å². The van der Waals surface area contributed by atoms with Crippen molar-refractivity contribution in [2.45, 2.75) is 43.1 Å². The van der Waals surface area contributed by atoms with E-state index in [0.717, 1.165) is 24.1 Å². The van der Waals surface area contributed by atoms with Gasteiger partial charge in [-0.2, -0.15) is 0 Å². The van der Waals surface area contributed by atoms with Crippen molar-refractivity contribution in [1.29, 1.82) is 0 Å². The van der Waals surface area contributed by atoms with E-state index >= 15 is 0 Å². The van der Waals surface area contributed by atoms with Crippen LogP contribution in [0.2, 0.25) is 0 Å². The molecule has 0 bridgehead atoms. The summed E-state index contributed by atoms with van der Waals surface area (Å²) in [5.41, 5.74) is 4.71. The molecule has 1 atom stereocenters. The number of furan rings is 1. The summed E-state index contributed by atoms with van der Waals surface area (Å²) in [5, 5.41) is 12.1. The molecule has 0 fully saturated rings. The van der Waals surface area contributed by atoms with Gasteiger partial charge in [0.1, 0.15) is 0 Å². The maximum atomic E-state index is 12.9. The van der Waals surface area contributed by atoms with Crippen LogP contribution in [-0.4, -0.2) is 25.9 Å². The quantitative estimate of drug-likeness (QED) is 0.397. The number of carbonyl (C=O) groups excluding carboxylic acids is 1. The number of hydrogen-bond donors (Lipinski definition) is 1. The van der Waals surface area contributed by atoms with E-state index in [1.807, 2.05) is 47.9 Å². The molecule has 2 aromatic heterocycles. The SMILES string of the molecule is C[C@H](Sc1nnc(-c2ccco2)n1Cc1ccccc1)C(=O)Nc1ccc2c(c1)CCC2. The Kier molecular flexibility index (Phi) is 5.81. The van der Waals surface area contributed by atoms with E-state index in [1.165, 1.54) is 29.3 Å². The molecule has 0 spiro atoms. The second-order valence-corrected chi connectivity index (χ2v) is 9.25. The Morgan fingerprint density at radius 1 is 1.09 bits per heavy atom. The van der Waals surface area contributed by atoms with Crippen LogP contribution in [0, 0.1) is 0 Å². The molecular formula is C25H24N4O2S. The molecule has 1 amide bonds. The largest absolute Gasteiger partial charge is 0.461 e. The van der Waals surface area contributed by atoms with Crippen LogP contribution < -0.4 is 5.32 Å². The lowest BCUT2D eigenvalue weighted by Gasteiger charge is -2.14. The molecule has 0 aliphatic heterocycles. The monoisotopic (exact) mass is 444 g/mol. The molecule has 4 aromatic rings. The summed E-state index contributed by atoms with van der Waals surface area (Å²) in [5.74, 6) is 1.24. The Labute approximate surface area is 191 Å². The molecule has 2 heterocycles. The molecule has 7 heteroatoms. The van der Waals surface area contributed by atoms with Gasteiger partial charge in [-0.3, -0.25) is 9.36 Å². The number of thioether (sulfide) groups is 1. The van der Waals surface area contributed by atoms with Crippen molar-refractivity contribution in [2.75, 3.05) is 5.32 Å². The van der Waals surface area contributed by atoms with Crippen molar-refractivity contribution in [1.82, 2.24) is 14.8 Å². The zero-order chi connectivity index (χ0) is 21.9. The average Bonchev–Trinajstić information content (AvgIpc) is 3.56. The van der Waals surface area contributed by atoms with Gasteiger partial charge in [0.05, 0.1) is 18.1 Å². The Morgan fingerprint density at radius 2 is 1.94 bits per heavy atom. The predicted octanol–water partition coefficient (Wildman–Crippen LogP) is 5.19. The molecule has 0 radical (unpaired) electrons. The summed E-state index contributed by atoms with van der Waals surface area (Å²) >= 11 is 1.40. The zero-order valence-corrected chi connectivity index (χ0v) is 18.6. The molecule has 0 unspecified atom stereocenters. The van der Waals surface area contributed by atoms with Gasteiger partial charge in [0, 0.05) is 5.69 Å². The number of hydrogen-bond acceptors (Lipinski definition) is 5. The van der Waals surface area contributed by atoms with Gasteiger partial charge in [-0.1, -0.05) is 48.2 Å². The van der Waals surface area contributed by atoms with Crippen LogP contribution in [0.4, 0.5) is 5.69 Å². The summed E-state index contributed by atoms with van der Waals surface area (Å²) in [6.07, 6.45) is 5.02. The highest BCUT2D eigenvalue weighted by Gasteiger charge is 2.22. The molecular weight excluding hydrogens is 420 g/mol. The maximum absolute atomic E-state index is 12.9. The van der Waals surface area contributed by atoms with Crippen LogP contribution in [0.25, 0.3) is 11.6 Å². The van der Waals surface area contributed by atoms with Crippen molar-refractivity contribution in [3.05, 3.63) is 83.6 Å². The first-order chi connectivity index (χ1) is 15.7. The van der Waals surface area contributed by atoms with Crippen molar-refractivity contribution >= 4 is 23.4 Å². The maximum Gasteiger partial charge on any atom is 0.237 e. The standard InChI is InChI=1S/C25H24N4O2S/c1-17(24(30)26-21-13-12-19-9-5-10-20(19)15-21)32-25-28-27-23(22-11-6-14-31-22)29(25)16-18-7-3-2-4-8-18/h2-4,6-8,11-15,17H,5,9-10,16H2,1H3,(H,26,30)/t17-/m0/s1. The first kappa shape index (κ1) is 20.6. The summed E-state index contributed by atoms with van der Waals surface area (Å²) in [6.45, 7) is 2.48. The van der Waals surface area contributed by atoms with Gasteiger partial charge in [-0.15, -0.1) is 10.2 Å². The fourth-order valence-corrected chi connectivity index (χ4v) is 4.83. The number of fused-ring (bicyclic) bond motifs is 1. The molecule has 0 saturated heterocycles. The van der Waals surface area contributed by atoms with Crippen molar-refractivity contribution in [3.8, 4) is 11.6 Å². The van der Waals surface area contributed by atoms with Crippen LogP contribution in [-0.2, 0) is 24.2 Å². The molecule has 1 aliphatic carbocycles. The van der Waals surface area contributed by atoms with E-state index < -0.39 is 0 Å². The highest BCUT2D eigenvalue weighted by Crippen LogP contribution is 2.29. The highest BCUT2D eigenvalue weighted by atomic mass is 32.2. The summed E-state index contributed by atoms with van der Waals surface area (Å²) in [4.78, 5) is 12.9. The molecule has 1 aliphatic rings. The van der Waals surface area contributed by atoms with E-state index in [0.29, 0.717) is 23.3 Å². The minimum atomic E-state index is -0.341. The normalized spacial score (nSPS) is 13.7. The third kappa shape index (κ3) is 4.34. The third-order valence-corrected chi connectivity index (χ3v) is 6.74. The zero-order valence-electron chi connectivity index (χ0n) is 17.8. The van der Waals surface area contributed by atoms with E-state index in [-0.39, 0.29) is 11.2 Å². The molecule has 1 N–H and O–H groups in total. The van der Waals surface area contributed by atoms with Gasteiger partial charge in [-0.25, -0.2) is 0 Å². The van der Waals surface area contributed by atoms with Gasteiger partial charge in [0.25, 0.3) is 0 Å². The molecule has 2 aromatic carbocycles. The summed E-state index contributed by atoms with van der Waals surface area (Å²) in [6, 6.07) is 20.0. The Hall–Kier alpha value is -3.32. The van der Waals surface area contributed by atoms with Gasteiger partial charge in [0.2, 0.25) is 11.7 Å². The predicted molar refractivity (Wildman–Crippen MR) is 126 cm³/mol. The van der Waals surface area contributed by atoms with Crippen LogP contribution in [0.15, 0.2) is 76.5 Å². The lowest BCUT2D eigenvalue weighted by Crippen LogP contribution is -2.23. The number of benzene rings is 2. The fraction of sp³-hybridized carbons (Fsp3) is 0.240. The van der Waals surface area contributed by atoms with Gasteiger partial charge in [-0.05, 0) is 67.1 Å². The van der Waals surface area contributed by atoms with Crippen molar-refractivity contribution in [2.24, 2.45) is 0 Å². The average molecular weight is 445 g/mol. The number of rotatable bonds is 7. The van der Waals surface area contributed by atoms with Crippen molar-refractivity contribution in [3.63, 3.8) is 0 Å². The second-order valence-electron chi connectivity index (χ2n) is 7.94. The van der Waals surface area contributed by atoms with E-state index in [1.54, 1.807) is 6.26 Å².